The largest absolute Gasteiger partial charge is 0.405 e. The molecule has 2 N–H and O–H groups in total. The van der Waals surface area contributed by atoms with Crippen molar-refractivity contribution in [3.05, 3.63) is 0 Å². The normalized spacial score (nSPS) is 13.7. The molecule has 3 nitrogen and oxygen atoms in total. The van der Waals surface area contributed by atoms with Crippen molar-refractivity contribution < 1.29 is 9.22 Å². The van der Waals surface area contributed by atoms with E-state index in [2.05, 4.69) is 40.8 Å². The third-order valence-electron chi connectivity index (χ3n) is 6.13. The van der Waals surface area contributed by atoms with Gasteiger partial charge in [-0.25, -0.2) is 0 Å². The number of carbonyl (C=O) groups excluding carboxylic acids is 1. The molecular formula is C23H49NO2Si. The highest BCUT2D eigenvalue weighted by Gasteiger charge is 2.40. The molecule has 162 valence electrons. The van der Waals surface area contributed by atoms with Crippen LogP contribution in [-0.4, -0.2) is 20.3 Å². The maximum atomic E-state index is 11.8. The second kappa shape index (κ2) is 14.6. The lowest BCUT2D eigenvalue weighted by molar-refractivity contribution is -0.125. The molecule has 4 heteroatoms. The molecule has 0 fully saturated rings. The molecule has 0 aromatic carbocycles. The van der Waals surface area contributed by atoms with Crippen LogP contribution in [0.2, 0.25) is 18.1 Å². The molecule has 0 spiro atoms. The van der Waals surface area contributed by atoms with E-state index in [0.29, 0.717) is 0 Å². The van der Waals surface area contributed by atoms with E-state index in [0.717, 1.165) is 12.8 Å². The zero-order valence-corrected chi connectivity index (χ0v) is 20.4. The molecule has 0 bridgehead atoms. The lowest BCUT2D eigenvalue weighted by Gasteiger charge is -2.38. The fourth-order valence-corrected chi connectivity index (χ4v) is 4.44. The SMILES string of the molecule is CCCCCCCCCCCCCCCC(O[Si](C)(C)C(C)(C)C)C(N)=O. The number of carbonyl (C=O) groups is 1. The van der Waals surface area contributed by atoms with Gasteiger partial charge in [0.2, 0.25) is 5.91 Å². The second-order valence-corrected chi connectivity index (χ2v) is 14.6. The first-order valence-corrected chi connectivity index (χ1v) is 14.5. The summed E-state index contributed by atoms with van der Waals surface area (Å²) in [5.74, 6) is -0.293. The van der Waals surface area contributed by atoms with Crippen LogP contribution in [0.5, 0.6) is 0 Å². The molecule has 0 aromatic rings. The van der Waals surface area contributed by atoms with Gasteiger partial charge in [0.25, 0.3) is 0 Å². The summed E-state index contributed by atoms with van der Waals surface area (Å²) in [6, 6.07) is 0. The summed E-state index contributed by atoms with van der Waals surface area (Å²) in [5.41, 5.74) is 5.59. The average Bonchev–Trinajstić information content (AvgIpc) is 2.56. The summed E-state index contributed by atoms with van der Waals surface area (Å²) in [6.07, 6.45) is 17.7. The molecule has 1 amide bonds. The van der Waals surface area contributed by atoms with Crippen LogP contribution in [-0.2, 0) is 9.22 Å². The van der Waals surface area contributed by atoms with Gasteiger partial charge < -0.3 is 10.2 Å². The standard InChI is InChI=1S/C23H49NO2Si/c1-7-8-9-10-11-12-13-14-15-16-17-18-19-20-21(22(24)25)26-27(5,6)23(2,3)4/h21H,7-20H2,1-6H3,(H2,24,25). The Labute approximate surface area is 171 Å². The lowest BCUT2D eigenvalue weighted by atomic mass is 10.0. The molecule has 0 radical (unpaired) electrons. The summed E-state index contributed by atoms with van der Waals surface area (Å²) in [5, 5.41) is 0.108. The monoisotopic (exact) mass is 399 g/mol. The Morgan fingerprint density at radius 1 is 0.815 bits per heavy atom. The highest BCUT2D eigenvalue weighted by Crippen LogP contribution is 2.37. The van der Waals surface area contributed by atoms with E-state index in [4.69, 9.17) is 10.2 Å². The molecular weight excluding hydrogens is 350 g/mol. The number of primary amides is 1. The number of hydrogen-bond acceptors (Lipinski definition) is 2. The third kappa shape index (κ3) is 13.5. The molecule has 0 rings (SSSR count). The van der Waals surface area contributed by atoms with E-state index in [1.54, 1.807) is 0 Å². The van der Waals surface area contributed by atoms with Gasteiger partial charge in [-0.1, -0.05) is 111 Å². The maximum Gasteiger partial charge on any atom is 0.245 e. The van der Waals surface area contributed by atoms with Crippen LogP contribution in [0.3, 0.4) is 0 Å². The maximum absolute atomic E-state index is 11.8. The van der Waals surface area contributed by atoms with E-state index >= 15 is 0 Å². The van der Waals surface area contributed by atoms with E-state index in [1.807, 2.05) is 0 Å². The molecule has 0 aliphatic carbocycles. The molecule has 1 unspecified atom stereocenters. The Kier molecular flexibility index (Phi) is 14.4. The van der Waals surface area contributed by atoms with Gasteiger partial charge in [0.1, 0.15) is 6.10 Å². The first kappa shape index (κ1) is 26.6. The van der Waals surface area contributed by atoms with Crippen molar-refractivity contribution in [1.82, 2.24) is 0 Å². The summed E-state index contributed by atoms with van der Waals surface area (Å²) < 4.78 is 6.24. The molecule has 0 saturated heterocycles. The Morgan fingerprint density at radius 3 is 1.52 bits per heavy atom. The minimum atomic E-state index is -1.94. The predicted molar refractivity (Wildman–Crippen MR) is 122 cm³/mol. The second-order valence-electron chi connectivity index (χ2n) is 9.80. The van der Waals surface area contributed by atoms with Gasteiger partial charge in [-0.3, -0.25) is 4.79 Å². The first-order valence-electron chi connectivity index (χ1n) is 11.6. The number of rotatable bonds is 17. The third-order valence-corrected chi connectivity index (χ3v) is 10.6. The van der Waals surface area contributed by atoms with E-state index in [9.17, 15) is 4.79 Å². The zero-order chi connectivity index (χ0) is 20.8. The molecule has 0 aromatic heterocycles. The molecule has 0 aliphatic rings. The van der Waals surface area contributed by atoms with Crippen molar-refractivity contribution in [3.63, 3.8) is 0 Å². The minimum absolute atomic E-state index is 0.108. The highest BCUT2D eigenvalue weighted by molar-refractivity contribution is 6.74. The Bertz CT molecular complexity index is 377. The summed E-state index contributed by atoms with van der Waals surface area (Å²) in [6.45, 7) is 13.2. The smallest absolute Gasteiger partial charge is 0.245 e. The Morgan fingerprint density at radius 2 is 1.19 bits per heavy atom. The first-order chi connectivity index (χ1) is 12.6. The average molecular weight is 400 g/mol. The van der Waals surface area contributed by atoms with E-state index in [-0.39, 0.29) is 10.9 Å². The number of unbranched alkanes of at least 4 members (excludes halogenated alkanes) is 12. The quantitative estimate of drug-likeness (QED) is 0.205. The Hall–Kier alpha value is -0.353. The van der Waals surface area contributed by atoms with Crippen molar-refractivity contribution >= 4 is 14.2 Å². The number of nitrogens with two attached hydrogens (primary N) is 1. The van der Waals surface area contributed by atoms with Gasteiger partial charge in [0.05, 0.1) is 0 Å². The molecule has 0 saturated carbocycles. The molecule has 0 heterocycles. The van der Waals surface area contributed by atoms with Crippen molar-refractivity contribution in [2.24, 2.45) is 5.73 Å². The number of amides is 1. The fourth-order valence-electron chi connectivity index (χ4n) is 3.14. The van der Waals surface area contributed by atoms with Crippen LogP contribution in [0.4, 0.5) is 0 Å². The predicted octanol–water partition coefficient (Wildman–Crippen LogP) is 7.34. The molecule has 1 atom stereocenters. The highest BCUT2D eigenvalue weighted by atomic mass is 28.4. The van der Waals surface area contributed by atoms with Crippen LogP contribution in [0.15, 0.2) is 0 Å². The topological polar surface area (TPSA) is 52.3 Å². The van der Waals surface area contributed by atoms with Crippen LogP contribution in [0.1, 0.15) is 118 Å². The Balaban J connectivity index is 3.73. The van der Waals surface area contributed by atoms with E-state index < -0.39 is 14.4 Å². The van der Waals surface area contributed by atoms with Crippen molar-refractivity contribution in [3.8, 4) is 0 Å². The van der Waals surface area contributed by atoms with Gasteiger partial charge in [-0.15, -0.1) is 0 Å². The van der Waals surface area contributed by atoms with Crippen molar-refractivity contribution in [2.45, 2.75) is 142 Å². The summed E-state index contributed by atoms with van der Waals surface area (Å²) in [7, 11) is -1.94. The van der Waals surface area contributed by atoms with Gasteiger partial charge in [-0.05, 0) is 24.6 Å². The van der Waals surface area contributed by atoms with Crippen molar-refractivity contribution in [1.29, 1.82) is 0 Å². The van der Waals surface area contributed by atoms with Gasteiger partial charge >= 0.3 is 0 Å². The van der Waals surface area contributed by atoms with Crippen LogP contribution in [0, 0.1) is 0 Å². The zero-order valence-electron chi connectivity index (χ0n) is 19.4. The van der Waals surface area contributed by atoms with Gasteiger partial charge in [-0.2, -0.15) is 0 Å². The van der Waals surface area contributed by atoms with Crippen LogP contribution < -0.4 is 5.73 Å². The summed E-state index contributed by atoms with van der Waals surface area (Å²) in [4.78, 5) is 11.8. The minimum Gasteiger partial charge on any atom is -0.405 e. The van der Waals surface area contributed by atoms with E-state index in [1.165, 1.54) is 77.0 Å². The lowest BCUT2D eigenvalue weighted by Crippen LogP contribution is -2.47. The van der Waals surface area contributed by atoms with Crippen LogP contribution >= 0.6 is 0 Å². The fraction of sp³-hybridized carbons (Fsp3) is 0.957. The summed E-state index contributed by atoms with van der Waals surface area (Å²) >= 11 is 0. The van der Waals surface area contributed by atoms with Gasteiger partial charge in [0, 0.05) is 0 Å². The van der Waals surface area contributed by atoms with Gasteiger partial charge in [0.15, 0.2) is 8.32 Å². The van der Waals surface area contributed by atoms with Crippen molar-refractivity contribution in [2.75, 3.05) is 0 Å². The molecule has 27 heavy (non-hydrogen) atoms. The molecule has 0 aliphatic heterocycles. The number of hydrogen-bond donors (Lipinski definition) is 1. The van der Waals surface area contributed by atoms with Crippen LogP contribution in [0.25, 0.3) is 0 Å².